The Balaban J connectivity index is 2.59. The number of Topliss-reactive ketones (excluding diaryl/α,β-unsaturated/α-hetero) is 1. The standard InChI is InChI=1S/C12H22O3/c1-4-10(2)9-11(13)12(14-3)5-7-15-8-6-12/h10H,4-9H2,1-3H3. The maximum Gasteiger partial charge on any atom is 0.165 e. The summed E-state index contributed by atoms with van der Waals surface area (Å²) in [6.45, 7) is 5.50. The van der Waals surface area contributed by atoms with Crippen molar-refractivity contribution in [3.8, 4) is 0 Å². The van der Waals surface area contributed by atoms with Crippen molar-refractivity contribution in [2.45, 2.75) is 45.1 Å². The van der Waals surface area contributed by atoms with Crippen molar-refractivity contribution < 1.29 is 14.3 Å². The van der Waals surface area contributed by atoms with Gasteiger partial charge in [-0.25, -0.2) is 0 Å². The third-order valence-corrected chi connectivity index (χ3v) is 3.43. The Kier molecular flexibility index (Phi) is 4.74. The number of rotatable bonds is 5. The molecule has 0 spiro atoms. The third kappa shape index (κ3) is 3.02. The molecule has 0 aliphatic carbocycles. The predicted molar refractivity (Wildman–Crippen MR) is 58.9 cm³/mol. The van der Waals surface area contributed by atoms with Gasteiger partial charge in [-0.05, 0) is 5.92 Å². The molecule has 15 heavy (non-hydrogen) atoms. The second kappa shape index (κ2) is 5.61. The van der Waals surface area contributed by atoms with Gasteiger partial charge in [-0.3, -0.25) is 4.79 Å². The summed E-state index contributed by atoms with van der Waals surface area (Å²) in [4.78, 5) is 12.1. The minimum atomic E-state index is -0.554. The minimum Gasteiger partial charge on any atom is -0.381 e. The molecule has 0 radical (unpaired) electrons. The van der Waals surface area contributed by atoms with Crippen LogP contribution in [0.25, 0.3) is 0 Å². The van der Waals surface area contributed by atoms with Crippen LogP contribution in [0.1, 0.15) is 39.5 Å². The number of hydrogen-bond donors (Lipinski definition) is 0. The number of ether oxygens (including phenoxy) is 2. The molecule has 1 fully saturated rings. The molecule has 1 atom stereocenters. The van der Waals surface area contributed by atoms with Crippen LogP contribution in [0.2, 0.25) is 0 Å². The molecule has 1 aliphatic rings. The van der Waals surface area contributed by atoms with Gasteiger partial charge >= 0.3 is 0 Å². The van der Waals surface area contributed by atoms with Gasteiger partial charge in [-0.15, -0.1) is 0 Å². The Morgan fingerprint density at radius 2 is 2.07 bits per heavy atom. The van der Waals surface area contributed by atoms with Gasteiger partial charge in [-0.2, -0.15) is 0 Å². The Labute approximate surface area is 92.1 Å². The lowest BCUT2D eigenvalue weighted by Gasteiger charge is -2.35. The van der Waals surface area contributed by atoms with Crippen LogP contribution in [-0.2, 0) is 14.3 Å². The monoisotopic (exact) mass is 214 g/mol. The van der Waals surface area contributed by atoms with Crippen LogP contribution in [0.3, 0.4) is 0 Å². The van der Waals surface area contributed by atoms with E-state index in [0.717, 1.165) is 6.42 Å². The maximum atomic E-state index is 12.1. The van der Waals surface area contributed by atoms with E-state index in [1.165, 1.54) is 0 Å². The maximum absolute atomic E-state index is 12.1. The van der Waals surface area contributed by atoms with E-state index in [-0.39, 0.29) is 5.78 Å². The molecule has 88 valence electrons. The van der Waals surface area contributed by atoms with Gasteiger partial charge in [0.1, 0.15) is 5.60 Å². The van der Waals surface area contributed by atoms with Crippen LogP contribution in [0.5, 0.6) is 0 Å². The van der Waals surface area contributed by atoms with Crippen LogP contribution in [0.4, 0.5) is 0 Å². The van der Waals surface area contributed by atoms with Crippen LogP contribution < -0.4 is 0 Å². The molecule has 1 saturated heterocycles. The zero-order valence-electron chi connectivity index (χ0n) is 10.0. The first-order valence-corrected chi connectivity index (χ1v) is 5.81. The highest BCUT2D eigenvalue weighted by molar-refractivity contribution is 5.87. The number of hydrogen-bond acceptors (Lipinski definition) is 3. The van der Waals surface area contributed by atoms with E-state index >= 15 is 0 Å². The molecule has 0 N–H and O–H groups in total. The molecule has 0 aromatic rings. The van der Waals surface area contributed by atoms with Crippen molar-refractivity contribution in [2.24, 2.45) is 5.92 Å². The van der Waals surface area contributed by atoms with Gasteiger partial charge in [0.2, 0.25) is 0 Å². The SMILES string of the molecule is CCC(C)CC(=O)C1(OC)CCOCC1. The summed E-state index contributed by atoms with van der Waals surface area (Å²) < 4.78 is 10.7. The zero-order valence-corrected chi connectivity index (χ0v) is 10.0. The average Bonchev–Trinajstić information content (AvgIpc) is 2.29. The first-order chi connectivity index (χ1) is 7.14. The van der Waals surface area contributed by atoms with E-state index in [0.29, 0.717) is 38.4 Å². The number of carbonyl (C=O) groups excluding carboxylic acids is 1. The largest absolute Gasteiger partial charge is 0.381 e. The highest BCUT2D eigenvalue weighted by Crippen LogP contribution is 2.28. The summed E-state index contributed by atoms with van der Waals surface area (Å²) in [5, 5.41) is 0. The molecule has 0 amide bonds. The topological polar surface area (TPSA) is 35.5 Å². The van der Waals surface area contributed by atoms with E-state index in [1.54, 1.807) is 7.11 Å². The quantitative estimate of drug-likeness (QED) is 0.703. The summed E-state index contributed by atoms with van der Waals surface area (Å²) in [6, 6.07) is 0. The summed E-state index contributed by atoms with van der Waals surface area (Å²) in [6.07, 6.45) is 3.09. The van der Waals surface area contributed by atoms with Crippen molar-refractivity contribution in [2.75, 3.05) is 20.3 Å². The smallest absolute Gasteiger partial charge is 0.165 e. The fraction of sp³-hybridized carbons (Fsp3) is 0.917. The molecular weight excluding hydrogens is 192 g/mol. The van der Waals surface area contributed by atoms with E-state index in [1.807, 2.05) is 0 Å². The van der Waals surface area contributed by atoms with Gasteiger partial charge in [0.25, 0.3) is 0 Å². The molecule has 1 heterocycles. The van der Waals surface area contributed by atoms with Crippen molar-refractivity contribution >= 4 is 5.78 Å². The van der Waals surface area contributed by atoms with Crippen molar-refractivity contribution in [3.05, 3.63) is 0 Å². The van der Waals surface area contributed by atoms with Gasteiger partial charge in [0.15, 0.2) is 5.78 Å². The highest BCUT2D eigenvalue weighted by Gasteiger charge is 2.39. The summed E-state index contributed by atoms with van der Waals surface area (Å²) >= 11 is 0. The van der Waals surface area contributed by atoms with Gasteiger partial charge in [-0.1, -0.05) is 20.3 Å². The van der Waals surface area contributed by atoms with Crippen molar-refractivity contribution in [1.29, 1.82) is 0 Å². The number of methoxy groups -OCH3 is 1. The predicted octanol–water partition coefficient (Wildman–Crippen LogP) is 2.19. The molecule has 3 heteroatoms. The molecule has 0 saturated carbocycles. The van der Waals surface area contributed by atoms with Crippen LogP contribution in [0.15, 0.2) is 0 Å². The molecule has 3 nitrogen and oxygen atoms in total. The Hall–Kier alpha value is -0.410. The van der Waals surface area contributed by atoms with E-state index in [9.17, 15) is 4.79 Å². The lowest BCUT2D eigenvalue weighted by Crippen LogP contribution is -2.46. The second-order valence-electron chi connectivity index (χ2n) is 4.45. The second-order valence-corrected chi connectivity index (χ2v) is 4.45. The molecule has 1 rings (SSSR count). The number of ketones is 1. The Bertz CT molecular complexity index is 207. The lowest BCUT2D eigenvalue weighted by molar-refractivity contribution is -0.153. The molecule has 0 aromatic heterocycles. The summed E-state index contributed by atoms with van der Waals surface area (Å²) in [5.74, 6) is 0.704. The Morgan fingerprint density at radius 3 is 2.53 bits per heavy atom. The third-order valence-electron chi connectivity index (χ3n) is 3.43. The van der Waals surface area contributed by atoms with Crippen molar-refractivity contribution in [1.82, 2.24) is 0 Å². The number of carbonyl (C=O) groups is 1. The Morgan fingerprint density at radius 1 is 1.47 bits per heavy atom. The minimum absolute atomic E-state index is 0.252. The van der Waals surface area contributed by atoms with Gasteiger partial charge in [0, 0.05) is 39.6 Å². The van der Waals surface area contributed by atoms with Crippen molar-refractivity contribution in [3.63, 3.8) is 0 Å². The molecular formula is C12H22O3. The zero-order chi connectivity index (χ0) is 11.3. The fourth-order valence-corrected chi connectivity index (χ4v) is 1.94. The molecule has 1 aliphatic heterocycles. The molecule has 0 bridgehead atoms. The summed E-state index contributed by atoms with van der Waals surface area (Å²) in [5.41, 5.74) is -0.554. The van der Waals surface area contributed by atoms with Crippen LogP contribution in [0, 0.1) is 5.92 Å². The molecule has 1 unspecified atom stereocenters. The van der Waals surface area contributed by atoms with Crippen LogP contribution in [-0.4, -0.2) is 31.7 Å². The fourth-order valence-electron chi connectivity index (χ4n) is 1.94. The van der Waals surface area contributed by atoms with E-state index in [2.05, 4.69) is 13.8 Å². The van der Waals surface area contributed by atoms with Gasteiger partial charge < -0.3 is 9.47 Å². The highest BCUT2D eigenvalue weighted by atomic mass is 16.5. The van der Waals surface area contributed by atoms with E-state index < -0.39 is 5.60 Å². The lowest BCUT2D eigenvalue weighted by atomic mass is 9.84. The normalized spacial score (nSPS) is 22.3. The van der Waals surface area contributed by atoms with E-state index in [4.69, 9.17) is 9.47 Å². The first-order valence-electron chi connectivity index (χ1n) is 5.81. The average molecular weight is 214 g/mol. The van der Waals surface area contributed by atoms with Gasteiger partial charge in [0.05, 0.1) is 0 Å². The molecule has 0 aromatic carbocycles. The summed E-state index contributed by atoms with van der Waals surface area (Å²) in [7, 11) is 1.64. The first kappa shape index (κ1) is 12.7. The van der Waals surface area contributed by atoms with Crippen LogP contribution >= 0.6 is 0 Å².